The van der Waals surface area contributed by atoms with E-state index in [1.165, 1.54) is 82.6 Å². The summed E-state index contributed by atoms with van der Waals surface area (Å²) < 4.78 is 13.3. The molecule has 1 heterocycles. The Balaban J connectivity index is 0.00000645. The van der Waals surface area contributed by atoms with Crippen molar-refractivity contribution in [3.8, 4) is 11.5 Å². The van der Waals surface area contributed by atoms with Crippen molar-refractivity contribution >= 4 is 11.8 Å². The van der Waals surface area contributed by atoms with E-state index in [4.69, 9.17) is 9.47 Å². The van der Waals surface area contributed by atoms with Gasteiger partial charge >= 0.3 is 0 Å². The smallest absolute Gasteiger partial charge is 0.265 e. The van der Waals surface area contributed by atoms with Crippen LogP contribution in [0.3, 0.4) is 0 Å². The summed E-state index contributed by atoms with van der Waals surface area (Å²) in [5, 5.41) is 0. The minimum atomic E-state index is -0.409. The molecular formula is C36H49IN2O4. The van der Waals surface area contributed by atoms with Gasteiger partial charge in [0.15, 0.2) is 6.20 Å². The SMILES string of the molecule is CCCCCCCCCCCCCCOc1ccc(C(=O)N(Cc2cccc[n+]2C)C(=O)c2ccccc2OC)cc1.[I-]. The third-order valence-corrected chi connectivity index (χ3v) is 7.68. The van der Waals surface area contributed by atoms with Crippen LogP contribution in [0, 0.1) is 0 Å². The van der Waals surface area contributed by atoms with E-state index in [1.54, 1.807) is 36.4 Å². The van der Waals surface area contributed by atoms with Gasteiger partial charge in [-0.3, -0.25) is 14.5 Å². The lowest BCUT2D eigenvalue weighted by atomic mass is 10.1. The molecule has 0 radical (unpaired) electrons. The van der Waals surface area contributed by atoms with E-state index in [-0.39, 0.29) is 36.4 Å². The minimum absolute atomic E-state index is 0. The summed E-state index contributed by atoms with van der Waals surface area (Å²) in [5.74, 6) is 0.377. The summed E-state index contributed by atoms with van der Waals surface area (Å²) in [4.78, 5) is 28.6. The molecule has 234 valence electrons. The zero-order chi connectivity index (χ0) is 30.0. The molecule has 0 aliphatic heterocycles. The maximum absolute atomic E-state index is 13.7. The number of nitrogens with zero attached hydrogens (tertiary/aromatic N) is 2. The first-order valence-corrected chi connectivity index (χ1v) is 15.7. The Morgan fingerprint density at radius 3 is 1.91 bits per heavy atom. The standard InChI is InChI=1S/C36H49N2O4.HI/c1-4-5-6-7-8-9-10-11-12-13-14-19-28-42-32-25-23-30(24-26-32)35(39)38(29-31-20-17-18-27-37(31)2)36(40)33-21-15-16-22-34(33)41-3;/h15-18,20-27H,4-14,19,28-29H2,1-3H3;1H/q+1;/p-1. The number of methoxy groups -OCH3 is 1. The quantitative estimate of drug-likeness (QED) is 0.0758. The fourth-order valence-electron chi connectivity index (χ4n) is 5.07. The van der Waals surface area contributed by atoms with Gasteiger partial charge in [0.2, 0.25) is 5.69 Å². The number of imide groups is 1. The zero-order valence-electron chi connectivity index (χ0n) is 26.2. The molecule has 0 spiro atoms. The number of amides is 2. The first-order chi connectivity index (χ1) is 20.5. The van der Waals surface area contributed by atoms with Crippen LogP contribution in [0.4, 0.5) is 0 Å². The molecule has 0 saturated carbocycles. The van der Waals surface area contributed by atoms with Gasteiger partial charge in [0.25, 0.3) is 11.8 Å². The van der Waals surface area contributed by atoms with E-state index < -0.39 is 5.91 Å². The van der Waals surface area contributed by atoms with Gasteiger partial charge in [-0.15, -0.1) is 0 Å². The second kappa shape index (κ2) is 20.9. The number of aryl methyl sites for hydroxylation is 1. The van der Waals surface area contributed by atoms with Gasteiger partial charge < -0.3 is 33.5 Å². The molecule has 0 atom stereocenters. The Morgan fingerprint density at radius 2 is 1.30 bits per heavy atom. The van der Waals surface area contributed by atoms with E-state index in [0.29, 0.717) is 23.5 Å². The molecule has 3 rings (SSSR count). The van der Waals surface area contributed by atoms with Crippen molar-refractivity contribution in [1.29, 1.82) is 0 Å². The number of para-hydroxylation sites is 1. The summed E-state index contributed by atoms with van der Waals surface area (Å²) in [6.45, 7) is 3.05. The number of hydrogen-bond acceptors (Lipinski definition) is 4. The summed E-state index contributed by atoms with van der Waals surface area (Å²) in [5.41, 5.74) is 1.60. The first kappa shape index (κ1) is 36.3. The lowest BCUT2D eigenvalue weighted by molar-refractivity contribution is -0.679. The molecule has 0 aliphatic carbocycles. The topological polar surface area (TPSA) is 59.7 Å². The Hall–Kier alpha value is -2.94. The number of ether oxygens (including phenoxy) is 2. The number of aromatic nitrogens is 1. The summed E-state index contributed by atoms with van der Waals surface area (Å²) >= 11 is 0. The molecule has 3 aromatic rings. The number of hydrogen-bond donors (Lipinski definition) is 0. The van der Waals surface area contributed by atoms with Crippen LogP contribution < -0.4 is 38.0 Å². The Bertz CT molecular complexity index is 1230. The minimum Gasteiger partial charge on any atom is -1.00 e. The predicted octanol–water partition coefficient (Wildman–Crippen LogP) is 5.09. The van der Waals surface area contributed by atoms with Crippen molar-refractivity contribution in [2.75, 3.05) is 13.7 Å². The number of rotatable bonds is 19. The van der Waals surface area contributed by atoms with Crippen LogP contribution in [0.25, 0.3) is 0 Å². The van der Waals surface area contributed by atoms with Crippen LogP contribution in [-0.4, -0.2) is 30.4 Å². The molecule has 0 aliphatic rings. The van der Waals surface area contributed by atoms with Crippen LogP contribution in [-0.2, 0) is 13.6 Å². The third-order valence-electron chi connectivity index (χ3n) is 7.68. The van der Waals surface area contributed by atoms with E-state index >= 15 is 0 Å². The maximum Gasteiger partial charge on any atom is 0.265 e. The number of unbranched alkanes of at least 4 members (excludes halogenated alkanes) is 11. The van der Waals surface area contributed by atoms with E-state index in [2.05, 4.69) is 6.92 Å². The summed E-state index contributed by atoms with van der Waals surface area (Å²) in [6.07, 6.45) is 17.6. The summed E-state index contributed by atoms with van der Waals surface area (Å²) in [6, 6.07) is 19.8. The molecule has 2 aromatic carbocycles. The van der Waals surface area contributed by atoms with Crippen LogP contribution in [0.15, 0.2) is 72.9 Å². The van der Waals surface area contributed by atoms with Gasteiger partial charge in [-0.2, -0.15) is 0 Å². The normalized spacial score (nSPS) is 10.6. The molecule has 0 bridgehead atoms. The highest BCUT2D eigenvalue weighted by Crippen LogP contribution is 2.23. The van der Waals surface area contributed by atoms with Crippen molar-refractivity contribution < 1.29 is 47.6 Å². The van der Waals surface area contributed by atoms with E-state index in [0.717, 1.165) is 17.9 Å². The lowest BCUT2D eigenvalue weighted by Crippen LogP contribution is -3.00. The predicted molar refractivity (Wildman–Crippen MR) is 168 cm³/mol. The lowest BCUT2D eigenvalue weighted by Gasteiger charge is -2.21. The fraction of sp³-hybridized carbons (Fsp3) is 0.472. The van der Waals surface area contributed by atoms with Crippen LogP contribution in [0.5, 0.6) is 11.5 Å². The molecular weight excluding hydrogens is 651 g/mol. The van der Waals surface area contributed by atoms with Crippen LogP contribution >= 0.6 is 0 Å². The van der Waals surface area contributed by atoms with Gasteiger partial charge in [0.05, 0.1) is 19.3 Å². The van der Waals surface area contributed by atoms with E-state index in [9.17, 15) is 9.59 Å². The number of carbonyl (C=O) groups excluding carboxylic acids is 2. The second-order valence-electron chi connectivity index (χ2n) is 11.0. The molecule has 0 N–H and O–H groups in total. The molecule has 43 heavy (non-hydrogen) atoms. The van der Waals surface area contributed by atoms with Crippen molar-refractivity contribution in [2.45, 2.75) is 90.5 Å². The molecule has 2 amide bonds. The fourth-order valence-corrected chi connectivity index (χ4v) is 5.07. The van der Waals surface area contributed by atoms with Gasteiger partial charge in [-0.25, -0.2) is 4.57 Å². The second-order valence-corrected chi connectivity index (χ2v) is 11.0. The molecule has 0 unspecified atom stereocenters. The average Bonchev–Trinajstić information content (AvgIpc) is 3.02. The molecule has 7 heteroatoms. The van der Waals surface area contributed by atoms with Gasteiger partial charge in [0.1, 0.15) is 25.1 Å². The van der Waals surface area contributed by atoms with E-state index in [1.807, 2.05) is 48.1 Å². The average molecular weight is 701 g/mol. The largest absolute Gasteiger partial charge is 1.00 e. The Kier molecular flexibility index (Phi) is 17.6. The third kappa shape index (κ3) is 12.3. The number of carbonyl (C=O) groups is 2. The van der Waals surface area contributed by atoms with Crippen LogP contribution in [0.2, 0.25) is 0 Å². The summed E-state index contributed by atoms with van der Waals surface area (Å²) in [7, 11) is 3.42. The highest BCUT2D eigenvalue weighted by Gasteiger charge is 2.28. The monoisotopic (exact) mass is 700 g/mol. The highest BCUT2D eigenvalue weighted by molar-refractivity contribution is 6.11. The van der Waals surface area contributed by atoms with Gasteiger partial charge in [0, 0.05) is 17.7 Å². The molecule has 6 nitrogen and oxygen atoms in total. The van der Waals surface area contributed by atoms with Crippen molar-refractivity contribution in [3.63, 3.8) is 0 Å². The van der Waals surface area contributed by atoms with Crippen molar-refractivity contribution in [3.05, 3.63) is 89.7 Å². The number of halogens is 1. The number of benzene rings is 2. The molecule has 0 fully saturated rings. The van der Waals surface area contributed by atoms with Gasteiger partial charge in [-0.05, 0) is 42.8 Å². The highest BCUT2D eigenvalue weighted by atomic mass is 127. The Morgan fingerprint density at radius 1 is 0.721 bits per heavy atom. The number of pyridine rings is 1. The molecule has 0 saturated heterocycles. The zero-order valence-corrected chi connectivity index (χ0v) is 28.4. The first-order valence-electron chi connectivity index (χ1n) is 15.7. The Labute approximate surface area is 275 Å². The van der Waals surface area contributed by atoms with Gasteiger partial charge in [-0.1, -0.05) is 95.8 Å². The van der Waals surface area contributed by atoms with Crippen molar-refractivity contribution in [1.82, 2.24) is 4.90 Å². The van der Waals surface area contributed by atoms with Crippen LogP contribution in [0.1, 0.15) is 110 Å². The van der Waals surface area contributed by atoms with Crippen molar-refractivity contribution in [2.24, 2.45) is 7.05 Å². The maximum atomic E-state index is 13.7. The molecule has 1 aromatic heterocycles.